The minimum Gasteiger partial charge on any atom is -0.352 e. The Labute approximate surface area is 110 Å². The average Bonchev–Trinajstić information content (AvgIpc) is 2.28. The third-order valence-electron chi connectivity index (χ3n) is 2.18. The monoisotopic (exact) mass is 303 g/mol. The smallest absolute Gasteiger partial charge is 0.251 e. The van der Waals surface area contributed by atoms with Gasteiger partial charge in [-0.05, 0) is 31.0 Å². The van der Waals surface area contributed by atoms with E-state index >= 15 is 0 Å². The summed E-state index contributed by atoms with van der Waals surface area (Å²) in [7, 11) is 0. The summed E-state index contributed by atoms with van der Waals surface area (Å²) in [4.78, 5) is 11.7. The van der Waals surface area contributed by atoms with Gasteiger partial charge in [0.1, 0.15) is 0 Å². The lowest BCUT2D eigenvalue weighted by Gasteiger charge is -2.04. The standard InChI is InChI=1S/C12H15BrClNO/c13-7-2-1-3-8-15-12(16)10-5-4-6-11(14)9-10/h4-6,9H,1-3,7-8H2,(H,15,16). The van der Waals surface area contributed by atoms with Crippen molar-refractivity contribution in [3.8, 4) is 0 Å². The van der Waals surface area contributed by atoms with E-state index in [-0.39, 0.29) is 5.91 Å². The lowest BCUT2D eigenvalue weighted by atomic mass is 10.2. The lowest BCUT2D eigenvalue weighted by Crippen LogP contribution is -2.24. The Bertz CT molecular complexity index is 344. The van der Waals surface area contributed by atoms with Crippen LogP contribution in [0.15, 0.2) is 24.3 Å². The Morgan fingerprint density at radius 3 is 2.81 bits per heavy atom. The zero-order chi connectivity index (χ0) is 11.8. The van der Waals surface area contributed by atoms with Gasteiger partial charge < -0.3 is 5.32 Å². The number of unbranched alkanes of at least 4 members (excludes halogenated alkanes) is 2. The van der Waals surface area contributed by atoms with Crippen LogP contribution in [0.1, 0.15) is 29.6 Å². The number of amides is 1. The predicted octanol–water partition coefficient (Wildman–Crippen LogP) is 3.64. The zero-order valence-corrected chi connectivity index (χ0v) is 11.4. The zero-order valence-electron chi connectivity index (χ0n) is 9.01. The first-order valence-electron chi connectivity index (χ1n) is 5.34. The molecule has 0 unspecified atom stereocenters. The van der Waals surface area contributed by atoms with Crippen molar-refractivity contribution in [1.29, 1.82) is 0 Å². The second-order valence-corrected chi connectivity index (χ2v) is 4.75. The first kappa shape index (κ1) is 13.5. The number of hydrogen-bond acceptors (Lipinski definition) is 1. The molecule has 0 saturated carbocycles. The molecule has 0 radical (unpaired) electrons. The lowest BCUT2D eigenvalue weighted by molar-refractivity contribution is 0.0953. The fraction of sp³-hybridized carbons (Fsp3) is 0.417. The summed E-state index contributed by atoms with van der Waals surface area (Å²) in [5.41, 5.74) is 0.619. The molecule has 0 spiro atoms. The molecule has 88 valence electrons. The maximum absolute atomic E-state index is 11.7. The van der Waals surface area contributed by atoms with Crippen LogP contribution in [0.2, 0.25) is 5.02 Å². The largest absolute Gasteiger partial charge is 0.352 e. The van der Waals surface area contributed by atoms with Crippen molar-refractivity contribution in [3.63, 3.8) is 0 Å². The molecular weight excluding hydrogens is 289 g/mol. The molecule has 0 bridgehead atoms. The van der Waals surface area contributed by atoms with E-state index in [4.69, 9.17) is 11.6 Å². The van der Waals surface area contributed by atoms with Gasteiger partial charge in [0.2, 0.25) is 0 Å². The molecule has 0 aliphatic carbocycles. The van der Waals surface area contributed by atoms with Gasteiger partial charge in [0, 0.05) is 22.5 Å². The first-order chi connectivity index (χ1) is 7.74. The maximum atomic E-state index is 11.7. The number of benzene rings is 1. The summed E-state index contributed by atoms with van der Waals surface area (Å²) in [6.45, 7) is 0.721. The molecule has 4 heteroatoms. The van der Waals surface area contributed by atoms with E-state index in [9.17, 15) is 4.79 Å². The fourth-order valence-corrected chi connectivity index (χ4v) is 1.92. The predicted molar refractivity (Wildman–Crippen MR) is 71.4 cm³/mol. The molecule has 1 aromatic carbocycles. The highest BCUT2D eigenvalue weighted by Gasteiger charge is 2.04. The van der Waals surface area contributed by atoms with Crippen LogP contribution in [-0.4, -0.2) is 17.8 Å². The summed E-state index contributed by atoms with van der Waals surface area (Å²) >= 11 is 9.18. The normalized spacial score (nSPS) is 10.1. The molecule has 16 heavy (non-hydrogen) atoms. The van der Waals surface area contributed by atoms with Crippen molar-refractivity contribution in [2.24, 2.45) is 0 Å². The first-order valence-corrected chi connectivity index (χ1v) is 6.83. The Kier molecular flexibility index (Phi) is 6.50. The van der Waals surface area contributed by atoms with Crippen LogP contribution in [0, 0.1) is 0 Å². The van der Waals surface area contributed by atoms with Crippen molar-refractivity contribution < 1.29 is 4.79 Å². The van der Waals surface area contributed by atoms with Gasteiger partial charge in [-0.15, -0.1) is 0 Å². The van der Waals surface area contributed by atoms with Crippen molar-refractivity contribution in [3.05, 3.63) is 34.9 Å². The molecule has 0 aromatic heterocycles. The number of alkyl halides is 1. The number of hydrogen-bond donors (Lipinski definition) is 1. The summed E-state index contributed by atoms with van der Waals surface area (Å²) in [5, 5.41) is 4.48. The highest BCUT2D eigenvalue weighted by atomic mass is 79.9. The molecule has 0 heterocycles. The SMILES string of the molecule is O=C(NCCCCCBr)c1cccc(Cl)c1. The van der Waals surface area contributed by atoms with Crippen LogP contribution in [-0.2, 0) is 0 Å². The van der Waals surface area contributed by atoms with E-state index < -0.39 is 0 Å². The summed E-state index contributed by atoms with van der Waals surface area (Å²) in [5.74, 6) is -0.0543. The van der Waals surface area contributed by atoms with E-state index in [1.54, 1.807) is 24.3 Å². The minimum atomic E-state index is -0.0543. The molecule has 2 nitrogen and oxygen atoms in total. The molecule has 0 aliphatic heterocycles. The number of halogens is 2. The number of carbonyl (C=O) groups excluding carboxylic acids is 1. The molecular formula is C12H15BrClNO. The van der Waals surface area contributed by atoms with E-state index in [1.807, 2.05) is 0 Å². The van der Waals surface area contributed by atoms with Crippen LogP contribution < -0.4 is 5.32 Å². The molecule has 0 fully saturated rings. The summed E-state index contributed by atoms with van der Waals surface area (Å²) in [6, 6.07) is 6.98. The highest BCUT2D eigenvalue weighted by molar-refractivity contribution is 9.09. The maximum Gasteiger partial charge on any atom is 0.251 e. The molecule has 0 aliphatic rings. The van der Waals surface area contributed by atoms with Gasteiger partial charge in [0.15, 0.2) is 0 Å². The minimum absolute atomic E-state index is 0.0543. The summed E-state index contributed by atoms with van der Waals surface area (Å²) < 4.78 is 0. The number of nitrogens with one attached hydrogen (secondary N) is 1. The van der Waals surface area contributed by atoms with Crippen LogP contribution in [0.25, 0.3) is 0 Å². The van der Waals surface area contributed by atoms with Crippen molar-refractivity contribution in [2.45, 2.75) is 19.3 Å². The molecule has 1 aromatic rings. The topological polar surface area (TPSA) is 29.1 Å². The van der Waals surface area contributed by atoms with E-state index in [0.29, 0.717) is 10.6 Å². The fourth-order valence-electron chi connectivity index (χ4n) is 1.33. The average molecular weight is 305 g/mol. The second-order valence-electron chi connectivity index (χ2n) is 3.52. The van der Waals surface area contributed by atoms with Crippen LogP contribution >= 0.6 is 27.5 Å². The Balaban J connectivity index is 2.30. The Morgan fingerprint density at radius 2 is 2.12 bits per heavy atom. The van der Waals surface area contributed by atoms with Crippen molar-refractivity contribution in [1.82, 2.24) is 5.32 Å². The quantitative estimate of drug-likeness (QED) is 0.631. The van der Waals surface area contributed by atoms with E-state index in [2.05, 4.69) is 21.2 Å². The third-order valence-corrected chi connectivity index (χ3v) is 2.98. The van der Waals surface area contributed by atoms with Gasteiger partial charge in [-0.1, -0.05) is 40.0 Å². The molecule has 0 saturated heterocycles. The highest BCUT2D eigenvalue weighted by Crippen LogP contribution is 2.10. The van der Waals surface area contributed by atoms with Crippen molar-refractivity contribution in [2.75, 3.05) is 11.9 Å². The van der Waals surface area contributed by atoms with Gasteiger partial charge in [-0.2, -0.15) is 0 Å². The second kappa shape index (κ2) is 7.69. The Morgan fingerprint density at radius 1 is 1.31 bits per heavy atom. The van der Waals surface area contributed by atoms with Gasteiger partial charge in [0.25, 0.3) is 5.91 Å². The Hall–Kier alpha value is -0.540. The van der Waals surface area contributed by atoms with Crippen LogP contribution in [0.3, 0.4) is 0 Å². The third kappa shape index (κ3) is 4.99. The van der Waals surface area contributed by atoms with E-state index in [1.165, 1.54) is 0 Å². The van der Waals surface area contributed by atoms with E-state index in [0.717, 1.165) is 31.1 Å². The summed E-state index contributed by atoms with van der Waals surface area (Å²) in [6.07, 6.45) is 3.28. The van der Waals surface area contributed by atoms with Gasteiger partial charge in [-0.3, -0.25) is 4.79 Å². The number of carbonyl (C=O) groups is 1. The van der Waals surface area contributed by atoms with Gasteiger partial charge in [-0.25, -0.2) is 0 Å². The molecule has 1 amide bonds. The molecule has 1 rings (SSSR count). The molecule has 1 N–H and O–H groups in total. The van der Waals surface area contributed by atoms with Crippen LogP contribution in [0.4, 0.5) is 0 Å². The van der Waals surface area contributed by atoms with Gasteiger partial charge >= 0.3 is 0 Å². The molecule has 0 atom stereocenters. The van der Waals surface area contributed by atoms with Gasteiger partial charge in [0.05, 0.1) is 0 Å². The van der Waals surface area contributed by atoms with Crippen molar-refractivity contribution >= 4 is 33.4 Å². The van der Waals surface area contributed by atoms with Crippen LogP contribution in [0.5, 0.6) is 0 Å². The number of rotatable bonds is 6.